The predicted molar refractivity (Wildman–Crippen MR) is 53.7 cm³/mol. The molecular weight excluding hydrogens is 132 g/mol. The van der Waals surface area contributed by atoms with E-state index in [2.05, 4.69) is 20.8 Å². The molecule has 0 fully saturated rings. The van der Waals surface area contributed by atoms with Crippen LogP contribution in [0, 0.1) is 5.92 Å². The van der Waals surface area contributed by atoms with Gasteiger partial charge in [0.25, 0.3) is 0 Å². The second-order valence-electron chi connectivity index (χ2n) is 2.89. The third-order valence-corrected chi connectivity index (χ3v) is 0.667. The Morgan fingerprint density at radius 1 is 0.636 bits per heavy atom. The summed E-state index contributed by atoms with van der Waals surface area (Å²) in [6.07, 6.45) is 0. The summed E-state index contributed by atoms with van der Waals surface area (Å²) in [5.74, 6) is 0.833. The van der Waals surface area contributed by atoms with Crippen LogP contribution >= 0.6 is 0 Å². The number of rotatable bonds is 0. The maximum absolute atomic E-state index is 2.17. The first-order chi connectivity index (χ1) is 4.73. The molecule has 0 spiro atoms. The van der Waals surface area contributed by atoms with Crippen molar-refractivity contribution in [2.45, 2.75) is 28.2 Å². The van der Waals surface area contributed by atoms with Crippen LogP contribution in [0.2, 0.25) is 0 Å². The SMILES string of the molecule is C.CC(C)C.c1ccccc1. The van der Waals surface area contributed by atoms with Gasteiger partial charge in [-0.1, -0.05) is 64.6 Å². The molecule has 0 atom stereocenters. The van der Waals surface area contributed by atoms with E-state index >= 15 is 0 Å². The van der Waals surface area contributed by atoms with Crippen molar-refractivity contribution < 1.29 is 0 Å². The minimum absolute atomic E-state index is 0. The lowest BCUT2D eigenvalue weighted by Gasteiger charge is -1.79. The fourth-order valence-electron chi connectivity index (χ4n) is 0.385. The fourth-order valence-corrected chi connectivity index (χ4v) is 0.385. The van der Waals surface area contributed by atoms with Crippen molar-refractivity contribution in [3.05, 3.63) is 36.4 Å². The van der Waals surface area contributed by atoms with Crippen LogP contribution in [0.25, 0.3) is 0 Å². The first kappa shape index (κ1) is 12.9. The second-order valence-corrected chi connectivity index (χ2v) is 2.89. The average molecular weight is 152 g/mol. The highest BCUT2D eigenvalue weighted by Gasteiger charge is 1.68. The van der Waals surface area contributed by atoms with Gasteiger partial charge in [0.1, 0.15) is 0 Å². The molecule has 0 aliphatic carbocycles. The molecule has 0 N–H and O–H groups in total. The van der Waals surface area contributed by atoms with E-state index in [0.29, 0.717) is 0 Å². The zero-order valence-electron chi connectivity index (χ0n) is 7.04. The molecule has 0 radical (unpaired) electrons. The molecule has 0 aliphatic rings. The van der Waals surface area contributed by atoms with Crippen LogP contribution in [0.15, 0.2) is 36.4 Å². The van der Waals surface area contributed by atoms with Crippen LogP contribution in [-0.2, 0) is 0 Å². The average Bonchev–Trinajstić information content (AvgIpc) is 1.90. The van der Waals surface area contributed by atoms with Crippen molar-refractivity contribution in [3.63, 3.8) is 0 Å². The zero-order chi connectivity index (χ0) is 7.82. The lowest BCUT2D eigenvalue weighted by Crippen LogP contribution is -1.66. The molecule has 0 aliphatic heterocycles. The van der Waals surface area contributed by atoms with Crippen LogP contribution < -0.4 is 0 Å². The van der Waals surface area contributed by atoms with Crippen molar-refractivity contribution in [1.82, 2.24) is 0 Å². The molecule has 1 rings (SSSR count). The van der Waals surface area contributed by atoms with Crippen molar-refractivity contribution in [2.24, 2.45) is 5.92 Å². The standard InChI is InChI=1S/C6H6.C4H10.CH4/c1-2-4-6-5-3-1;1-4(2)3;/h1-6H;4H,1-3H3;1H4. The number of benzene rings is 1. The van der Waals surface area contributed by atoms with Crippen molar-refractivity contribution in [3.8, 4) is 0 Å². The van der Waals surface area contributed by atoms with Gasteiger partial charge in [0.2, 0.25) is 0 Å². The summed E-state index contributed by atoms with van der Waals surface area (Å²) in [7, 11) is 0. The van der Waals surface area contributed by atoms with E-state index in [-0.39, 0.29) is 7.43 Å². The summed E-state index contributed by atoms with van der Waals surface area (Å²) >= 11 is 0. The smallest absolute Gasteiger partial charge is 0.0500 e. The van der Waals surface area contributed by atoms with Crippen LogP contribution in [0.3, 0.4) is 0 Å². The maximum atomic E-state index is 2.17. The second kappa shape index (κ2) is 9.22. The maximum Gasteiger partial charge on any atom is -0.0500 e. The van der Waals surface area contributed by atoms with Crippen LogP contribution in [0.1, 0.15) is 28.2 Å². The Bertz CT molecular complexity index is 101. The largest absolute Gasteiger partial charge is 0.0776 e. The molecule has 0 saturated heterocycles. The van der Waals surface area contributed by atoms with Gasteiger partial charge in [-0.05, 0) is 5.92 Å². The van der Waals surface area contributed by atoms with E-state index < -0.39 is 0 Å². The predicted octanol–water partition coefficient (Wildman–Crippen LogP) is 3.99. The third kappa shape index (κ3) is 17.6. The van der Waals surface area contributed by atoms with E-state index in [1.54, 1.807) is 0 Å². The van der Waals surface area contributed by atoms with Gasteiger partial charge in [0.05, 0.1) is 0 Å². The van der Waals surface area contributed by atoms with Gasteiger partial charge in [-0.15, -0.1) is 0 Å². The molecule has 0 heterocycles. The van der Waals surface area contributed by atoms with Gasteiger partial charge < -0.3 is 0 Å². The lowest BCUT2D eigenvalue weighted by molar-refractivity contribution is 0.737. The monoisotopic (exact) mass is 152 g/mol. The topological polar surface area (TPSA) is 0 Å². The highest BCUT2D eigenvalue weighted by Crippen LogP contribution is 1.81. The zero-order valence-corrected chi connectivity index (χ0v) is 7.04. The van der Waals surface area contributed by atoms with Crippen LogP contribution in [-0.4, -0.2) is 0 Å². The summed E-state index contributed by atoms with van der Waals surface area (Å²) in [5.41, 5.74) is 0. The van der Waals surface area contributed by atoms with Gasteiger partial charge in [-0.3, -0.25) is 0 Å². The van der Waals surface area contributed by atoms with E-state index in [1.807, 2.05) is 36.4 Å². The van der Waals surface area contributed by atoms with E-state index in [1.165, 1.54) is 0 Å². The van der Waals surface area contributed by atoms with Crippen LogP contribution in [0.5, 0.6) is 0 Å². The Labute approximate surface area is 71.3 Å². The van der Waals surface area contributed by atoms with Gasteiger partial charge in [-0.2, -0.15) is 0 Å². The Hall–Kier alpha value is -0.780. The molecule has 0 amide bonds. The molecule has 1 aromatic carbocycles. The Morgan fingerprint density at radius 2 is 0.727 bits per heavy atom. The minimum Gasteiger partial charge on any atom is -0.0776 e. The molecule has 0 bridgehead atoms. The molecule has 1 aromatic rings. The first-order valence-electron chi connectivity index (χ1n) is 3.73. The van der Waals surface area contributed by atoms with Crippen molar-refractivity contribution in [2.75, 3.05) is 0 Å². The van der Waals surface area contributed by atoms with E-state index in [0.717, 1.165) is 5.92 Å². The van der Waals surface area contributed by atoms with Gasteiger partial charge in [-0.25, -0.2) is 0 Å². The highest BCUT2D eigenvalue weighted by molar-refractivity contribution is 4.99. The van der Waals surface area contributed by atoms with Crippen LogP contribution in [0.4, 0.5) is 0 Å². The van der Waals surface area contributed by atoms with Gasteiger partial charge >= 0.3 is 0 Å². The summed E-state index contributed by atoms with van der Waals surface area (Å²) in [6.45, 7) is 6.50. The molecule has 64 valence electrons. The molecule has 0 aromatic heterocycles. The molecule has 0 nitrogen and oxygen atoms in total. The minimum atomic E-state index is 0. The quantitative estimate of drug-likeness (QED) is 0.527. The number of hydrogen-bond acceptors (Lipinski definition) is 0. The van der Waals surface area contributed by atoms with Gasteiger partial charge in [0.15, 0.2) is 0 Å². The van der Waals surface area contributed by atoms with Crippen molar-refractivity contribution >= 4 is 0 Å². The first-order valence-corrected chi connectivity index (χ1v) is 3.73. The Kier molecular flexibility index (Phi) is 10.8. The van der Waals surface area contributed by atoms with E-state index in [4.69, 9.17) is 0 Å². The van der Waals surface area contributed by atoms with E-state index in [9.17, 15) is 0 Å². The summed E-state index contributed by atoms with van der Waals surface area (Å²) in [5, 5.41) is 0. The molecular formula is C11H20. The molecule has 0 saturated carbocycles. The Balaban J connectivity index is 0. The third-order valence-electron chi connectivity index (χ3n) is 0.667. The molecule has 0 unspecified atom stereocenters. The van der Waals surface area contributed by atoms with Crippen molar-refractivity contribution in [1.29, 1.82) is 0 Å². The normalized spacial score (nSPS) is 7.64. The summed E-state index contributed by atoms with van der Waals surface area (Å²) in [6, 6.07) is 12.0. The summed E-state index contributed by atoms with van der Waals surface area (Å²) < 4.78 is 0. The fraction of sp³-hybridized carbons (Fsp3) is 0.455. The number of hydrogen-bond donors (Lipinski definition) is 0. The van der Waals surface area contributed by atoms with Gasteiger partial charge in [0, 0.05) is 0 Å². The highest BCUT2D eigenvalue weighted by atomic mass is 13.7. The summed E-state index contributed by atoms with van der Waals surface area (Å²) in [4.78, 5) is 0. The molecule has 0 heteroatoms. The molecule has 11 heavy (non-hydrogen) atoms. The Morgan fingerprint density at radius 3 is 0.818 bits per heavy atom. The lowest BCUT2D eigenvalue weighted by atomic mass is 10.3.